The van der Waals surface area contributed by atoms with Crippen LogP contribution in [0.2, 0.25) is 0 Å². The predicted molar refractivity (Wildman–Crippen MR) is 98.0 cm³/mol. The molecule has 2 aromatic rings. The Morgan fingerprint density at radius 3 is 2.54 bits per heavy atom. The lowest BCUT2D eigenvalue weighted by molar-refractivity contribution is -0.135. The van der Waals surface area contributed by atoms with Crippen molar-refractivity contribution in [3.05, 3.63) is 23.8 Å². The molecule has 0 aliphatic rings. The zero-order chi connectivity index (χ0) is 19.3. The molecule has 1 heterocycles. The summed E-state index contributed by atoms with van der Waals surface area (Å²) in [7, 11) is 4.62. The highest BCUT2D eigenvalue weighted by atomic mass is 32.2. The third-order valence-corrected chi connectivity index (χ3v) is 4.10. The molecule has 8 nitrogen and oxygen atoms in total. The lowest BCUT2D eigenvalue weighted by atomic mass is 10.1. The first-order valence-electron chi connectivity index (χ1n) is 7.46. The van der Waals surface area contributed by atoms with Crippen molar-refractivity contribution >= 4 is 23.5 Å². The van der Waals surface area contributed by atoms with E-state index in [2.05, 4.69) is 16.0 Å². The Morgan fingerprint density at radius 2 is 2.00 bits per heavy atom. The number of rotatable bonds is 7. The number of hydrogen-bond donors (Lipinski definition) is 1. The highest BCUT2D eigenvalue weighted by Gasteiger charge is 2.21. The van der Waals surface area contributed by atoms with Crippen LogP contribution in [0.4, 0.5) is 5.82 Å². The third kappa shape index (κ3) is 3.97. The summed E-state index contributed by atoms with van der Waals surface area (Å²) < 4.78 is 10.5. The molecular formula is C17H18N4O4S. The van der Waals surface area contributed by atoms with E-state index in [1.54, 1.807) is 31.5 Å². The van der Waals surface area contributed by atoms with Crippen LogP contribution in [0.25, 0.3) is 11.3 Å². The number of carbonyl (C=O) groups is 1. The minimum atomic E-state index is -1.02. The molecular weight excluding hydrogens is 356 g/mol. The zero-order valence-electron chi connectivity index (χ0n) is 14.8. The van der Waals surface area contributed by atoms with Crippen LogP contribution in [-0.4, -0.2) is 55.1 Å². The topological polar surface area (TPSA) is 109 Å². The third-order valence-electron chi connectivity index (χ3n) is 3.55. The molecule has 0 radical (unpaired) electrons. The number of aromatic nitrogens is 2. The van der Waals surface area contributed by atoms with Crippen molar-refractivity contribution in [2.75, 3.05) is 39.0 Å². The van der Waals surface area contributed by atoms with Crippen molar-refractivity contribution in [3.8, 4) is 28.8 Å². The molecule has 0 fully saturated rings. The molecule has 0 aliphatic carbocycles. The van der Waals surface area contributed by atoms with Gasteiger partial charge in [-0.25, -0.2) is 9.97 Å². The second-order valence-corrected chi connectivity index (χ2v) is 5.96. The summed E-state index contributed by atoms with van der Waals surface area (Å²) in [5.74, 6) is 0.295. The van der Waals surface area contributed by atoms with E-state index in [9.17, 15) is 10.1 Å². The Kier molecular flexibility index (Phi) is 6.25. The number of carboxylic acids is 1. The van der Waals surface area contributed by atoms with Crippen molar-refractivity contribution in [2.24, 2.45) is 0 Å². The maximum Gasteiger partial charge on any atom is 0.323 e. The first-order chi connectivity index (χ1) is 12.4. The number of anilines is 1. The number of aliphatic carboxylic acids is 1. The average Bonchev–Trinajstić information content (AvgIpc) is 2.65. The van der Waals surface area contributed by atoms with E-state index in [1.165, 1.54) is 30.9 Å². The van der Waals surface area contributed by atoms with Crippen molar-refractivity contribution in [2.45, 2.75) is 5.16 Å². The molecule has 1 N–H and O–H groups in total. The van der Waals surface area contributed by atoms with Crippen LogP contribution >= 0.6 is 11.8 Å². The maximum atomic E-state index is 11.0. The van der Waals surface area contributed by atoms with Gasteiger partial charge in [-0.05, 0) is 24.5 Å². The van der Waals surface area contributed by atoms with E-state index in [0.29, 0.717) is 27.9 Å². The molecule has 26 heavy (non-hydrogen) atoms. The van der Waals surface area contributed by atoms with Crippen LogP contribution in [0.1, 0.15) is 5.56 Å². The molecule has 1 aromatic heterocycles. The average molecular weight is 374 g/mol. The summed E-state index contributed by atoms with van der Waals surface area (Å²) in [6.45, 7) is -0.287. The number of hydrogen-bond acceptors (Lipinski definition) is 8. The van der Waals surface area contributed by atoms with Gasteiger partial charge in [-0.3, -0.25) is 4.79 Å². The molecule has 9 heteroatoms. The highest BCUT2D eigenvalue weighted by molar-refractivity contribution is 7.98. The Hall–Kier alpha value is -2.99. The predicted octanol–water partition coefficient (Wildman–Crippen LogP) is 2.28. The number of carboxylic acid groups (broad SMARTS) is 1. The summed E-state index contributed by atoms with van der Waals surface area (Å²) >= 11 is 1.30. The van der Waals surface area contributed by atoms with Gasteiger partial charge in [0.2, 0.25) is 0 Å². The quantitative estimate of drug-likeness (QED) is 0.576. The summed E-state index contributed by atoms with van der Waals surface area (Å²) in [6, 6.07) is 7.29. The summed E-state index contributed by atoms with van der Waals surface area (Å²) in [4.78, 5) is 21.2. The molecule has 0 amide bonds. The molecule has 136 valence electrons. The number of benzene rings is 1. The Labute approximate surface area is 155 Å². The number of thioether (sulfide) groups is 1. The van der Waals surface area contributed by atoms with E-state index in [0.717, 1.165) is 0 Å². The molecule has 1 aromatic carbocycles. The Balaban J connectivity index is 2.68. The van der Waals surface area contributed by atoms with Crippen LogP contribution in [0, 0.1) is 11.3 Å². The molecule has 0 unspecified atom stereocenters. The fourth-order valence-electron chi connectivity index (χ4n) is 2.37. The van der Waals surface area contributed by atoms with E-state index in [-0.39, 0.29) is 17.9 Å². The number of methoxy groups -OCH3 is 2. The smallest absolute Gasteiger partial charge is 0.323 e. The molecule has 0 atom stereocenters. The molecule has 0 spiro atoms. The molecule has 0 saturated carbocycles. The standard InChI is InChI=1S/C17H18N4O4S/c1-21(9-14(22)23)16-11(8-18)15(19-17(20-16)26-4)10-5-6-12(24-2)13(7-10)25-3/h5-7H,9H2,1-4H3,(H,22,23). The summed E-state index contributed by atoms with van der Waals surface area (Å²) in [6.07, 6.45) is 1.81. The molecule has 0 saturated heterocycles. The van der Waals surface area contributed by atoms with Gasteiger partial charge < -0.3 is 19.5 Å². The van der Waals surface area contributed by atoms with Crippen molar-refractivity contribution < 1.29 is 19.4 Å². The summed E-state index contributed by atoms with van der Waals surface area (Å²) in [5, 5.41) is 19.1. The minimum Gasteiger partial charge on any atom is -0.493 e. The van der Waals surface area contributed by atoms with Crippen molar-refractivity contribution in [3.63, 3.8) is 0 Å². The number of nitriles is 1. The van der Waals surface area contributed by atoms with Gasteiger partial charge in [0.15, 0.2) is 22.5 Å². The van der Waals surface area contributed by atoms with Crippen LogP contribution in [0.15, 0.2) is 23.4 Å². The van der Waals surface area contributed by atoms with Crippen molar-refractivity contribution in [1.29, 1.82) is 5.26 Å². The Morgan fingerprint density at radius 1 is 1.31 bits per heavy atom. The largest absolute Gasteiger partial charge is 0.493 e. The monoisotopic (exact) mass is 374 g/mol. The van der Waals surface area contributed by atoms with Gasteiger partial charge in [-0.15, -0.1) is 0 Å². The maximum absolute atomic E-state index is 11.0. The van der Waals surface area contributed by atoms with E-state index < -0.39 is 5.97 Å². The van der Waals surface area contributed by atoms with Gasteiger partial charge in [-0.1, -0.05) is 11.8 Å². The van der Waals surface area contributed by atoms with E-state index >= 15 is 0 Å². The Bertz CT molecular complexity index is 867. The van der Waals surface area contributed by atoms with Gasteiger partial charge in [0.25, 0.3) is 0 Å². The number of nitrogens with zero attached hydrogens (tertiary/aromatic N) is 4. The van der Waals surface area contributed by atoms with Gasteiger partial charge in [0.1, 0.15) is 18.2 Å². The fraction of sp³-hybridized carbons (Fsp3) is 0.294. The fourth-order valence-corrected chi connectivity index (χ4v) is 2.73. The van der Waals surface area contributed by atoms with Crippen LogP contribution < -0.4 is 14.4 Å². The second-order valence-electron chi connectivity index (χ2n) is 5.19. The van der Waals surface area contributed by atoms with E-state index in [4.69, 9.17) is 14.6 Å². The number of likely N-dealkylation sites (N-methyl/N-ethyl adjacent to an activating group) is 1. The minimum absolute atomic E-state index is 0.193. The van der Waals surface area contributed by atoms with Gasteiger partial charge >= 0.3 is 5.97 Å². The van der Waals surface area contributed by atoms with Gasteiger partial charge in [0.05, 0.1) is 19.9 Å². The summed E-state index contributed by atoms with van der Waals surface area (Å²) in [5.41, 5.74) is 1.24. The normalized spacial score (nSPS) is 10.1. The van der Waals surface area contributed by atoms with Gasteiger partial charge in [-0.2, -0.15) is 5.26 Å². The second kappa shape index (κ2) is 8.40. The highest BCUT2D eigenvalue weighted by Crippen LogP contribution is 2.35. The van der Waals surface area contributed by atoms with Gasteiger partial charge in [0, 0.05) is 12.6 Å². The lowest BCUT2D eigenvalue weighted by Gasteiger charge is -2.19. The molecule has 2 rings (SSSR count). The number of ether oxygens (including phenoxy) is 2. The first-order valence-corrected chi connectivity index (χ1v) is 8.69. The molecule has 0 bridgehead atoms. The van der Waals surface area contributed by atoms with Crippen molar-refractivity contribution in [1.82, 2.24) is 9.97 Å². The van der Waals surface area contributed by atoms with Crippen LogP contribution in [0.5, 0.6) is 11.5 Å². The SMILES string of the molecule is COc1ccc(-c2nc(SC)nc(N(C)CC(=O)O)c2C#N)cc1OC. The zero-order valence-corrected chi connectivity index (χ0v) is 15.6. The van der Waals surface area contributed by atoms with Crippen LogP contribution in [0.3, 0.4) is 0 Å². The first kappa shape index (κ1) is 19.3. The lowest BCUT2D eigenvalue weighted by Crippen LogP contribution is -2.27. The van der Waals surface area contributed by atoms with E-state index in [1.807, 2.05) is 0 Å². The molecule has 0 aliphatic heterocycles. The van der Waals surface area contributed by atoms with Crippen LogP contribution in [-0.2, 0) is 4.79 Å².